The molecule has 16 heteroatoms. The summed E-state index contributed by atoms with van der Waals surface area (Å²) < 4.78 is 67.0. The zero-order valence-corrected chi connectivity index (χ0v) is 20.5. The van der Waals surface area contributed by atoms with Gasteiger partial charge in [-0.25, -0.2) is 28.2 Å². The fraction of sp³-hybridized carbons (Fsp3) is 0.400. The number of sulfonamides is 1. The lowest BCUT2D eigenvalue weighted by Gasteiger charge is -2.35. The Hall–Kier alpha value is -3.08. The molecule has 1 aliphatic rings. The number of amides is 1. The number of piperazine rings is 1. The topological polar surface area (TPSA) is 141 Å². The maximum absolute atomic E-state index is 13.3. The number of halogens is 3. The number of nitrogens with zero attached hydrogens (tertiary/aromatic N) is 5. The second kappa shape index (κ2) is 10.1. The van der Waals surface area contributed by atoms with Crippen LogP contribution in [0.4, 0.5) is 28.9 Å². The lowest BCUT2D eigenvalue weighted by Crippen LogP contribution is -2.50. The fourth-order valence-corrected chi connectivity index (χ4v) is 6.50. The van der Waals surface area contributed by atoms with Crippen molar-refractivity contribution in [2.45, 2.75) is 23.4 Å². The minimum Gasteiger partial charge on any atom is -0.465 e. The van der Waals surface area contributed by atoms with Gasteiger partial charge in [0.05, 0.1) is 17.3 Å². The van der Waals surface area contributed by atoms with Crippen molar-refractivity contribution in [1.29, 1.82) is 0 Å². The van der Waals surface area contributed by atoms with Crippen molar-refractivity contribution in [1.82, 2.24) is 24.2 Å². The van der Waals surface area contributed by atoms with Crippen LogP contribution in [0.25, 0.3) is 10.9 Å². The van der Waals surface area contributed by atoms with Crippen LogP contribution in [0.5, 0.6) is 0 Å². The van der Waals surface area contributed by atoms with E-state index in [-0.39, 0.29) is 45.2 Å². The van der Waals surface area contributed by atoms with Crippen LogP contribution in [0, 0.1) is 0 Å². The number of hydrogen-bond acceptors (Lipinski definition) is 9. The molecule has 1 aromatic carbocycles. The Morgan fingerprint density at radius 2 is 1.92 bits per heavy atom. The Morgan fingerprint density at radius 3 is 2.58 bits per heavy atom. The van der Waals surface area contributed by atoms with Crippen LogP contribution in [-0.2, 0) is 16.2 Å². The van der Waals surface area contributed by atoms with Crippen LogP contribution in [0.3, 0.4) is 0 Å². The first kappa shape index (κ1) is 26.0. The molecule has 1 unspecified atom stereocenters. The molecule has 1 fully saturated rings. The van der Waals surface area contributed by atoms with Gasteiger partial charge in [-0.15, -0.1) is 0 Å². The van der Waals surface area contributed by atoms with Crippen LogP contribution < -0.4 is 10.6 Å². The molecule has 36 heavy (non-hydrogen) atoms. The van der Waals surface area contributed by atoms with Gasteiger partial charge in [-0.2, -0.15) is 17.5 Å². The first-order chi connectivity index (χ1) is 16.9. The minimum atomic E-state index is -4.54. The van der Waals surface area contributed by atoms with E-state index in [1.54, 1.807) is 0 Å². The molecule has 1 atom stereocenters. The van der Waals surface area contributed by atoms with Crippen molar-refractivity contribution in [2.24, 2.45) is 0 Å². The number of carbonyl (C=O) groups is 1. The fourth-order valence-electron chi connectivity index (χ4n) is 3.91. The van der Waals surface area contributed by atoms with Crippen molar-refractivity contribution in [3.05, 3.63) is 36.3 Å². The van der Waals surface area contributed by atoms with Gasteiger partial charge in [0, 0.05) is 44.2 Å². The van der Waals surface area contributed by atoms with Crippen molar-refractivity contribution in [3.8, 4) is 0 Å². The van der Waals surface area contributed by atoms with E-state index in [9.17, 15) is 26.4 Å². The maximum atomic E-state index is 13.3. The molecule has 0 bridgehead atoms. The van der Waals surface area contributed by atoms with Gasteiger partial charge in [0.15, 0.2) is 9.34 Å². The third kappa shape index (κ3) is 5.66. The number of hydrogen-bond donors (Lipinski definition) is 3. The first-order valence-corrected chi connectivity index (χ1v) is 13.0. The summed E-state index contributed by atoms with van der Waals surface area (Å²) in [5, 5.41) is 14.2. The quantitative estimate of drug-likeness (QED) is 0.409. The number of carboxylic acid groups (broad SMARTS) is 1. The molecule has 0 saturated carbocycles. The van der Waals surface area contributed by atoms with E-state index in [0.717, 1.165) is 29.9 Å². The summed E-state index contributed by atoms with van der Waals surface area (Å²) in [7, 11) is -3.81. The molecule has 194 valence electrons. The van der Waals surface area contributed by atoms with Crippen LogP contribution in [0.2, 0.25) is 0 Å². The van der Waals surface area contributed by atoms with Gasteiger partial charge in [-0.1, -0.05) is 17.4 Å². The third-order valence-electron chi connectivity index (χ3n) is 5.51. The van der Waals surface area contributed by atoms with Crippen LogP contribution in [0.15, 0.2) is 34.9 Å². The monoisotopic (exact) mass is 545 g/mol. The second-order valence-electron chi connectivity index (χ2n) is 8.09. The largest absolute Gasteiger partial charge is 0.465 e. The van der Waals surface area contributed by atoms with E-state index in [1.165, 1.54) is 16.4 Å². The Bertz CT molecular complexity index is 1360. The summed E-state index contributed by atoms with van der Waals surface area (Å²) in [6.07, 6.45) is -3.66. The molecule has 11 nitrogen and oxygen atoms in total. The van der Waals surface area contributed by atoms with Crippen molar-refractivity contribution in [3.63, 3.8) is 0 Å². The zero-order chi connectivity index (χ0) is 26.1. The molecule has 0 radical (unpaired) electrons. The highest BCUT2D eigenvalue weighted by Crippen LogP contribution is 2.35. The average Bonchev–Trinajstić information content (AvgIpc) is 3.27. The van der Waals surface area contributed by atoms with Crippen molar-refractivity contribution < 1.29 is 31.5 Å². The van der Waals surface area contributed by atoms with E-state index >= 15 is 0 Å². The van der Waals surface area contributed by atoms with Crippen LogP contribution in [-0.4, -0.2) is 82.5 Å². The number of fused-ring (bicyclic) bond motifs is 1. The van der Waals surface area contributed by atoms with E-state index in [4.69, 9.17) is 5.11 Å². The summed E-state index contributed by atoms with van der Waals surface area (Å²) in [5.74, 6) is 0.288. The summed E-state index contributed by atoms with van der Waals surface area (Å²) in [6, 6.07) is 3.62. The van der Waals surface area contributed by atoms with Gasteiger partial charge >= 0.3 is 12.3 Å². The molecule has 1 aliphatic heterocycles. The average molecular weight is 546 g/mol. The summed E-state index contributed by atoms with van der Waals surface area (Å²) in [4.78, 5) is 24.5. The summed E-state index contributed by atoms with van der Waals surface area (Å²) in [6.45, 7) is 3.69. The van der Waals surface area contributed by atoms with E-state index < -0.39 is 27.9 Å². The van der Waals surface area contributed by atoms with E-state index in [1.807, 2.05) is 17.1 Å². The molecule has 0 spiro atoms. The van der Waals surface area contributed by atoms with Gasteiger partial charge in [-0.3, -0.25) is 10.2 Å². The molecule has 1 amide bonds. The molecule has 3 N–H and O–H groups in total. The standard InChI is InChI=1S/C20H22F3N7O4S2/c1-12(27-17-13-3-2-4-14(20(21,22)23)16(13)25-11-26-17)10-29-5-7-30(8-6-29)36(33,34)15-9-24-18(35-15)28-19(31)32/h2-4,9,11-12H,5-8,10H2,1H3,(H,24,28)(H,31,32)(H,25,26,27). The number of benzene rings is 1. The van der Waals surface area contributed by atoms with Gasteiger partial charge in [0.1, 0.15) is 12.1 Å². The number of aromatic nitrogens is 3. The molecule has 4 rings (SSSR count). The Kier molecular flexibility index (Phi) is 7.31. The third-order valence-corrected chi connectivity index (χ3v) is 8.76. The molecule has 1 saturated heterocycles. The summed E-state index contributed by atoms with van der Waals surface area (Å²) >= 11 is 0.739. The number of anilines is 2. The number of alkyl halides is 3. The Balaban J connectivity index is 1.37. The van der Waals surface area contributed by atoms with Gasteiger partial charge < -0.3 is 10.4 Å². The number of para-hydroxylation sites is 1. The normalized spacial score (nSPS) is 16.7. The zero-order valence-electron chi connectivity index (χ0n) is 18.9. The minimum absolute atomic E-state index is 0.0285. The molecule has 0 aliphatic carbocycles. The lowest BCUT2D eigenvalue weighted by molar-refractivity contribution is -0.136. The number of nitrogens with one attached hydrogen (secondary N) is 2. The highest BCUT2D eigenvalue weighted by molar-refractivity contribution is 7.91. The molecule has 2 aromatic heterocycles. The van der Waals surface area contributed by atoms with Crippen molar-refractivity contribution in [2.75, 3.05) is 43.4 Å². The van der Waals surface area contributed by atoms with Crippen LogP contribution in [0.1, 0.15) is 12.5 Å². The van der Waals surface area contributed by atoms with Gasteiger partial charge in [0.25, 0.3) is 10.0 Å². The van der Waals surface area contributed by atoms with Crippen LogP contribution >= 0.6 is 11.3 Å². The highest BCUT2D eigenvalue weighted by Gasteiger charge is 2.34. The smallest absolute Gasteiger partial charge is 0.418 e. The molecule has 3 aromatic rings. The Morgan fingerprint density at radius 1 is 1.19 bits per heavy atom. The number of rotatable bonds is 7. The molecule has 3 heterocycles. The SMILES string of the molecule is CC(CN1CCN(S(=O)(=O)c2cnc(NC(=O)O)s2)CC1)Nc1ncnc2c(C(F)(F)F)cccc12. The number of thiazole rings is 1. The second-order valence-corrected chi connectivity index (χ2v) is 11.3. The van der Waals surface area contributed by atoms with Gasteiger partial charge in [0.2, 0.25) is 0 Å². The molecular formula is C20H22F3N7O4S2. The van der Waals surface area contributed by atoms with E-state index in [2.05, 4.69) is 20.3 Å². The maximum Gasteiger partial charge on any atom is 0.418 e. The van der Waals surface area contributed by atoms with E-state index in [0.29, 0.717) is 19.6 Å². The first-order valence-electron chi connectivity index (χ1n) is 10.7. The van der Waals surface area contributed by atoms with Gasteiger partial charge in [-0.05, 0) is 19.1 Å². The van der Waals surface area contributed by atoms with Crippen molar-refractivity contribution >= 4 is 49.3 Å². The lowest BCUT2D eigenvalue weighted by atomic mass is 10.1. The Labute approximate surface area is 208 Å². The summed E-state index contributed by atoms with van der Waals surface area (Å²) in [5.41, 5.74) is -1.01. The molecular weight excluding hydrogens is 523 g/mol. The predicted molar refractivity (Wildman–Crippen MR) is 127 cm³/mol. The predicted octanol–water partition coefficient (Wildman–Crippen LogP) is 3.00. The highest BCUT2D eigenvalue weighted by atomic mass is 32.2.